The number of nitriles is 1. The summed E-state index contributed by atoms with van der Waals surface area (Å²) in [6.45, 7) is 13.1. The fourth-order valence-corrected chi connectivity index (χ4v) is 5.67. The minimum atomic E-state index is -0.852. The summed E-state index contributed by atoms with van der Waals surface area (Å²) in [4.78, 5) is 13.4. The van der Waals surface area contributed by atoms with Crippen molar-refractivity contribution in [2.45, 2.75) is 73.5 Å². The SMILES string of the molecule is CCCC.C\C=C(C#N)/C=C(\C=C\CC)COc1cc2c(c(OCc3cccc(-c4ccc5c(c4)OCCO5)c3C)c1)CN(CC(=O)O)CC2. The Balaban J connectivity index is 0.00000133. The number of hydrogen-bond donors (Lipinski definition) is 1. The van der Waals surface area contributed by atoms with E-state index in [1.165, 1.54) is 12.8 Å². The van der Waals surface area contributed by atoms with Gasteiger partial charge in [-0.25, -0.2) is 0 Å². The van der Waals surface area contributed by atoms with Gasteiger partial charge in [0.05, 0.1) is 12.6 Å². The standard InChI is InChI=1S/C38H40N2O6.C4H10/c1-4-6-8-28(17-27(5-2)21-39)24-45-32-18-30-13-14-40(23-38(41)42)22-34(30)36(20-32)46-25-31-9-7-10-33(26(31)3)29-11-12-35-37(19-29)44-16-15-43-35;1-3-4-2/h5-12,17-20H,4,13-16,22-25H2,1-3H3,(H,41,42);3-4H2,1-2H3/b8-6+,27-5+,28-17+;. The highest BCUT2D eigenvalue weighted by molar-refractivity contribution is 5.71. The van der Waals surface area contributed by atoms with Crippen molar-refractivity contribution >= 4 is 5.97 Å². The van der Waals surface area contributed by atoms with Crippen LogP contribution in [0.15, 0.2) is 84.0 Å². The van der Waals surface area contributed by atoms with Crippen LogP contribution in [0.5, 0.6) is 23.0 Å². The van der Waals surface area contributed by atoms with Crippen molar-refractivity contribution in [3.05, 3.63) is 106 Å². The number of allylic oxidation sites excluding steroid dienone is 4. The smallest absolute Gasteiger partial charge is 0.317 e. The van der Waals surface area contributed by atoms with Gasteiger partial charge in [-0.2, -0.15) is 5.26 Å². The zero-order chi connectivity index (χ0) is 35.9. The summed E-state index contributed by atoms with van der Waals surface area (Å²) >= 11 is 0. The molecule has 0 saturated heterocycles. The summed E-state index contributed by atoms with van der Waals surface area (Å²) in [5.41, 5.74) is 7.77. The lowest BCUT2D eigenvalue weighted by Crippen LogP contribution is -2.35. The number of carboxylic acids is 1. The Kier molecular flexibility index (Phi) is 14.6. The highest BCUT2D eigenvalue weighted by Crippen LogP contribution is 2.37. The van der Waals surface area contributed by atoms with E-state index in [-0.39, 0.29) is 13.2 Å². The number of benzene rings is 3. The third kappa shape index (κ3) is 10.5. The Morgan fingerprint density at radius 1 is 1.04 bits per heavy atom. The van der Waals surface area contributed by atoms with E-state index in [1.807, 2.05) is 66.4 Å². The Bertz CT molecular complexity index is 1750. The van der Waals surface area contributed by atoms with E-state index < -0.39 is 5.97 Å². The third-order valence-corrected chi connectivity index (χ3v) is 8.65. The molecule has 264 valence electrons. The van der Waals surface area contributed by atoms with Crippen LogP contribution in [0.25, 0.3) is 11.1 Å². The maximum absolute atomic E-state index is 11.5. The zero-order valence-electron chi connectivity index (χ0n) is 30.1. The van der Waals surface area contributed by atoms with Crippen molar-refractivity contribution in [3.8, 4) is 40.2 Å². The van der Waals surface area contributed by atoms with Crippen LogP contribution in [0.4, 0.5) is 0 Å². The van der Waals surface area contributed by atoms with Crippen molar-refractivity contribution in [3.63, 3.8) is 0 Å². The predicted octanol–water partition coefficient (Wildman–Crippen LogP) is 9.00. The number of hydrogen-bond acceptors (Lipinski definition) is 7. The molecule has 0 saturated carbocycles. The lowest BCUT2D eigenvalue weighted by molar-refractivity contribution is -0.138. The highest BCUT2D eigenvalue weighted by Gasteiger charge is 2.23. The van der Waals surface area contributed by atoms with Crippen LogP contribution in [-0.2, 0) is 24.4 Å². The molecule has 0 aromatic heterocycles. The molecule has 0 unspecified atom stereocenters. The first-order chi connectivity index (χ1) is 24.3. The van der Waals surface area contributed by atoms with Gasteiger partial charge in [0.1, 0.15) is 37.9 Å². The predicted molar refractivity (Wildman–Crippen MR) is 198 cm³/mol. The van der Waals surface area contributed by atoms with Gasteiger partial charge in [-0.1, -0.05) is 76.1 Å². The maximum atomic E-state index is 11.5. The molecule has 0 amide bonds. The molecular formula is C42H50N2O6. The molecule has 0 bridgehead atoms. The molecule has 3 aromatic rings. The number of unbranched alkanes of at least 4 members (excludes halogenated alkanes) is 1. The van der Waals surface area contributed by atoms with Crippen LogP contribution in [0.2, 0.25) is 0 Å². The van der Waals surface area contributed by atoms with Crippen LogP contribution in [0.3, 0.4) is 0 Å². The summed E-state index contributed by atoms with van der Waals surface area (Å²) in [5.74, 6) is 1.99. The molecule has 2 heterocycles. The Morgan fingerprint density at radius 2 is 1.82 bits per heavy atom. The molecule has 8 nitrogen and oxygen atoms in total. The third-order valence-electron chi connectivity index (χ3n) is 8.65. The molecule has 5 rings (SSSR count). The maximum Gasteiger partial charge on any atom is 0.317 e. The van der Waals surface area contributed by atoms with Crippen LogP contribution >= 0.6 is 0 Å². The number of ether oxygens (including phenoxy) is 4. The largest absolute Gasteiger partial charge is 0.489 e. The minimum absolute atomic E-state index is 0.0299. The van der Waals surface area contributed by atoms with Gasteiger partial charge in [-0.05, 0) is 84.4 Å². The second-order valence-electron chi connectivity index (χ2n) is 12.3. The zero-order valence-corrected chi connectivity index (χ0v) is 30.1. The Hall–Kier alpha value is -5.00. The highest BCUT2D eigenvalue weighted by atomic mass is 16.6. The van der Waals surface area contributed by atoms with E-state index in [9.17, 15) is 15.2 Å². The van der Waals surface area contributed by atoms with Gasteiger partial charge in [0.15, 0.2) is 11.5 Å². The average Bonchev–Trinajstić information content (AvgIpc) is 3.13. The molecule has 0 aliphatic carbocycles. The van der Waals surface area contributed by atoms with E-state index in [4.69, 9.17) is 18.9 Å². The summed E-state index contributed by atoms with van der Waals surface area (Å²) in [5, 5.41) is 18.9. The number of carboxylic acid groups (broad SMARTS) is 1. The number of aliphatic carboxylic acids is 1. The van der Waals surface area contributed by atoms with Gasteiger partial charge in [-0.3, -0.25) is 9.69 Å². The number of fused-ring (bicyclic) bond motifs is 2. The number of carbonyl (C=O) groups is 1. The van der Waals surface area contributed by atoms with E-state index in [2.05, 4.69) is 45.9 Å². The van der Waals surface area contributed by atoms with E-state index >= 15 is 0 Å². The van der Waals surface area contributed by atoms with Crippen LogP contribution in [0.1, 0.15) is 69.2 Å². The van der Waals surface area contributed by atoms with Crippen molar-refractivity contribution in [2.24, 2.45) is 0 Å². The Morgan fingerprint density at radius 3 is 2.52 bits per heavy atom. The first-order valence-electron chi connectivity index (χ1n) is 17.6. The minimum Gasteiger partial charge on any atom is -0.489 e. The van der Waals surface area contributed by atoms with Crippen LogP contribution in [-0.4, -0.2) is 48.9 Å². The lowest BCUT2D eigenvalue weighted by Gasteiger charge is -2.29. The van der Waals surface area contributed by atoms with Gasteiger partial charge in [-0.15, -0.1) is 0 Å². The molecule has 50 heavy (non-hydrogen) atoms. The molecule has 1 N–H and O–H groups in total. The fraction of sp³-hybridized carbons (Fsp3) is 0.381. The summed E-state index contributed by atoms with van der Waals surface area (Å²) in [6.07, 6.45) is 11.8. The molecule has 0 spiro atoms. The number of nitrogens with zero attached hydrogens (tertiary/aromatic N) is 2. The summed E-state index contributed by atoms with van der Waals surface area (Å²) in [6, 6.07) is 18.3. The normalized spacial score (nSPS) is 14.3. The van der Waals surface area contributed by atoms with Gasteiger partial charge in [0, 0.05) is 30.3 Å². The first-order valence-corrected chi connectivity index (χ1v) is 17.6. The Labute approximate surface area is 297 Å². The van der Waals surface area contributed by atoms with Crippen molar-refractivity contribution in [1.29, 1.82) is 5.26 Å². The summed E-state index contributed by atoms with van der Waals surface area (Å²) < 4.78 is 24.3. The first kappa shape index (κ1) is 37.8. The van der Waals surface area contributed by atoms with Gasteiger partial charge in [0.25, 0.3) is 0 Å². The van der Waals surface area contributed by atoms with Crippen LogP contribution < -0.4 is 18.9 Å². The molecule has 3 aromatic carbocycles. The van der Waals surface area contributed by atoms with E-state index in [0.29, 0.717) is 56.4 Å². The van der Waals surface area contributed by atoms with Crippen molar-refractivity contribution in [1.82, 2.24) is 4.90 Å². The van der Waals surface area contributed by atoms with Gasteiger partial charge >= 0.3 is 5.97 Å². The molecule has 0 atom stereocenters. The molecule has 2 aliphatic heterocycles. The lowest BCUT2D eigenvalue weighted by atomic mass is 9.96. The van der Waals surface area contributed by atoms with Crippen LogP contribution in [0, 0.1) is 18.3 Å². The quantitative estimate of drug-likeness (QED) is 0.141. The average molecular weight is 679 g/mol. The summed E-state index contributed by atoms with van der Waals surface area (Å²) in [7, 11) is 0. The second-order valence-corrected chi connectivity index (χ2v) is 12.3. The second kappa shape index (κ2) is 19.3. The van der Waals surface area contributed by atoms with E-state index in [0.717, 1.165) is 56.9 Å². The topological polar surface area (TPSA) is 101 Å². The molecular weight excluding hydrogens is 628 g/mol. The molecule has 2 aliphatic rings. The number of rotatable bonds is 13. The molecule has 8 heteroatoms. The molecule has 0 radical (unpaired) electrons. The van der Waals surface area contributed by atoms with Gasteiger partial charge in [0.2, 0.25) is 0 Å². The molecule has 0 fully saturated rings. The van der Waals surface area contributed by atoms with Crippen molar-refractivity contribution < 1.29 is 28.8 Å². The monoisotopic (exact) mass is 678 g/mol. The fourth-order valence-electron chi connectivity index (χ4n) is 5.67. The van der Waals surface area contributed by atoms with Crippen molar-refractivity contribution in [2.75, 3.05) is 32.9 Å². The van der Waals surface area contributed by atoms with Gasteiger partial charge < -0.3 is 24.1 Å². The van der Waals surface area contributed by atoms with E-state index in [1.54, 1.807) is 6.08 Å².